The average molecular weight is 494 g/mol. The Balaban J connectivity index is 0.00000225. The van der Waals surface area contributed by atoms with E-state index in [1.54, 1.807) is 6.20 Å². The van der Waals surface area contributed by atoms with Gasteiger partial charge in [-0.25, -0.2) is 4.68 Å². The number of hydrogen-bond acceptors (Lipinski definition) is 3. The lowest BCUT2D eigenvalue weighted by Crippen LogP contribution is -2.45. The Morgan fingerprint density at radius 3 is 2.64 bits per heavy atom. The number of halogens is 1. The molecular formula is C21H31IN6. The van der Waals surface area contributed by atoms with Crippen LogP contribution in [0.3, 0.4) is 0 Å². The Morgan fingerprint density at radius 2 is 1.96 bits per heavy atom. The number of likely N-dealkylation sites (tertiary alicyclic amines) is 1. The average Bonchev–Trinajstić information content (AvgIpc) is 3.47. The molecule has 6 nitrogen and oxygen atoms in total. The minimum atomic E-state index is 0. The summed E-state index contributed by atoms with van der Waals surface area (Å²) in [4.78, 5) is 7.08. The predicted octanol–water partition coefficient (Wildman–Crippen LogP) is 3.17. The lowest BCUT2D eigenvalue weighted by Gasteiger charge is -2.24. The lowest BCUT2D eigenvalue weighted by atomic mass is 10.2. The maximum Gasteiger partial charge on any atom is 0.191 e. The zero-order valence-electron chi connectivity index (χ0n) is 16.6. The van der Waals surface area contributed by atoms with E-state index in [1.807, 2.05) is 24.0 Å². The van der Waals surface area contributed by atoms with Crippen LogP contribution in [0.5, 0.6) is 0 Å². The lowest BCUT2D eigenvalue weighted by molar-refractivity contribution is 0.242. The van der Waals surface area contributed by atoms with Gasteiger partial charge < -0.3 is 10.6 Å². The number of nitrogens with zero attached hydrogens (tertiary/aromatic N) is 4. The van der Waals surface area contributed by atoms with E-state index in [9.17, 15) is 0 Å². The van der Waals surface area contributed by atoms with E-state index in [0.717, 1.165) is 30.8 Å². The first-order chi connectivity index (χ1) is 13.3. The number of aliphatic imine (C=N–C) groups is 1. The molecule has 28 heavy (non-hydrogen) atoms. The van der Waals surface area contributed by atoms with Gasteiger partial charge in [0.15, 0.2) is 5.96 Å². The Hall–Kier alpha value is -1.61. The molecule has 1 aromatic carbocycles. The summed E-state index contributed by atoms with van der Waals surface area (Å²) >= 11 is 0. The predicted molar refractivity (Wildman–Crippen MR) is 125 cm³/mol. The Morgan fingerprint density at radius 1 is 1.18 bits per heavy atom. The van der Waals surface area contributed by atoms with Crippen molar-refractivity contribution in [2.45, 2.75) is 50.7 Å². The third-order valence-corrected chi connectivity index (χ3v) is 5.79. The van der Waals surface area contributed by atoms with Crippen LogP contribution in [0.25, 0.3) is 5.69 Å². The molecule has 0 spiro atoms. The quantitative estimate of drug-likeness (QED) is 0.381. The van der Waals surface area contributed by atoms with E-state index >= 15 is 0 Å². The number of rotatable bonds is 5. The van der Waals surface area contributed by atoms with E-state index < -0.39 is 0 Å². The van der Waals surface area contributed by atoms with Gasteiger partial charge in [-0.2, -0.15) is 5.10 Å². The molecule has 0 radical (unpaired) electrons. The molecule has 7 heteroatoms. The molecule has 1 saturated carbocycles. The second kappa shape index (κ2) is 10.2. The fourth-order valence-corrected chi connectivity index (χ4v) is 4.27. The third-order valence-electron chi connectivity index (χ3n) is 5.79. The summed E-state index contributed by atoms with van der Waals surface area (Å²) in [5, 5.41) is 11.3. The van der Waals surface area contributed by atoms with Crippen LogP contribution in [-0.2, 0) is 6.54 Å². The van der Waals surface area contributed by atoms with Gasteiger partial charge in [0.05, 0.1) is 5.69 Å². The monoisotopic (exact) mass is 494 g/mol. The van der Waals surface area contributed by atoms with Crippen molar-refractivity contribution in [2.75, 3.05) is 20.1 Å². The highest BCUT2D eigenvalue weighted by Gasteiger charge is 2.30. The molecule has 1 atom stereocenters. The Labute approximate surface area is 184 Å². The number of nitrogens with one attached hydrogen (secondary N) is 2. The third kappa shape index (κ3) is 5.26. The zero-order valence-corrected chi connectivity index (χ0v) is 18.9. The molecule has 0 amide bonds. The maximum absolute atomic E-state index is 4.41. The minimum Gasteiger partial charge on any atom is -0.352 e. The van der Waals surface area contributed by atoms with Gasteiger partial charge in [-0.15, -0.1) is 24.0 Å². The highest BCUT2D eigenvalue weighted by Crippen LogP contribution is 2.26. The fraction of sp³-hybridized carbons (Fsp3) is 0.524. The summed E-state index contributed by atoms with van der Waals surface area (Å²) in [7, 11) is 1.85. The smallest absolute Gasteiger partial charge is 0.191 e. The molecule has 0 bridgehead atoms. The molecule has 2 heterocycles. The molecule has 2 N–H and O–H groups in total. The van der Waals surface area contributed by atoms with Crippen LogP contribution in [-0.4, -0.2) is 52.9 Å². The Kier molecular flexibility index (Phi) is 7.73. The Bertz CT molecular complexity index is 737. The second-order valence-electron chi connectivity index (χ2n) is 7.61. The molecule has 1 saturated heterocycles. The number of guanidine groups is 1. The van der Waals surface area contributed by atoms with Gasteiger partial charge in [0.25, 0.3) is 0 Å². The van der Waals surface area contributed by atoms with Crippen LogP contribution >= 0.6 is 24.0 Å². The molecule has 2 aliphatic rings. The number of aromatic nitrogens is 2. The van der Waals surface area contributed by atoms with Gasteiger partial charge in [-0.05, 0) is 43.0 Å². The van der Waals surface area contributed by atoms with Gasteiger partial charge in [0.2, 0.25) is 0 Å². The first-order valence-corrected chi connectivity index (χ1v) is 10.1. The molecule has 2 fully saturated rings. The van der Waals surface area contributed by atoms with Crippen molar-refractivity contribution in [3.05, 3.63) is 48.3 Å². The summed E-state index contributed by atoms with van der Waals surface area (Å²) in [6.45, 7) is 3.12. The van der Waals surface area contributed by atoms with Crippen molar-refractivity contribution in [1.29, 1.82) is 0 Å². The fourth-order valence-electron chi connectivity index (χ4n) is 4.27. The van der Waals surface area contributed by atoms with Gasteiger partial charge in [0.1, 0.15) is 0 Å². The molecule has 1 aromatic heterocycles. The molecular weight excluding hydrogens is 463 g/mol. The first kappa shape index (κ1) is 21.1. The number of benzene rings is 1. The van der Waals surface area contributed by atoms with Crippen LogP contribution in [0.4, 0.5) is 0 Å². The summed E-state index contributed by atoms with van der Waals surface area (Å²) in [5.74, 6) is 0.893. The van der Waals surface area contributed by atoms with Crippen molar-refractivity contribution < 1.29 is 0 Å². The molecule has 152 valence electrons. The largest absolute Gasteiger partial charge is 0.352 e. The van der Waals surface area contributed by atoms with Gasteiger partial charge >= 0.3 is 0 Å². The molecule has 2 aromatic rings. The first-order valence-electron chi connectivity index (χ1n) is 10.1. The zero-order chi connectivity index (χ0) is 18.5. The van der Waals surface area contributed by atoms with Crippen LogP contribution in [0.15, 0.2) is 47.7 Å². The second-order valence-corrected chi connectivity index (χ2v) is 7.61. The van der Waals surface area contributed by atoms with E-state index in [2.05, 4.69) is 49.9 Å². The molecule has 1 aliphatic heterocycles. The standard InChI is InChI=1S/C21H30N6.HI/c1-22-21(25-18-11-14-26(16-18)19-5-2-3-6-19)23-15-17-7-9-20(10-8-17)27-13-4-12-24-27;/h4,7-10,12-13,18-19H,2-3,5-6,11,14-16H2,1H3,(H2,22,23,25);1H. The normalized spacial score (nSPS) is 20.9. The number of hydrogen-bond donors (Lipinski definition) is 2. The van der Waals surface area contributed by atoms with Crippen LogP contribution in [0, 0.1) is 0 Å². The van der Waals surface area contributed by atoms with Crippen molar-refractivity contribution in [1.82, 2.24) is 25.3 Å². The van der Waals surface area contributed by atoms with Gasteiger partial charge in [-0.1, -0.05) is 25.0 Å². The topological polar surface area (TPSA) is 57.5 Å². The summed E-state index contributed by atoms with van der Waals surface area (Å²) < 4.78 is 1.87. The van der Waals surface area contributed by atoms with Crippen LogP contribution in [0.1, 0.15) is 37.7 Å². The molecule has 1 unspecified atom stereocenters. The van der Waals surface area contributed by atoms with E-state index in [-0.39, 0.29) is 24.0 Å². The van der Waals surface area contributed by atoms with Crippen LogP contribution < -0.4 is 10.6 Å². The minimum absolute atomic E-state index is 0. The van der Waals surface area contributed by atoms with E-state index in [4.69, 9.17) is 0 Å². The maximum atomic E-state index is 4.41. The van der Waals surface area contributed by atoms with Crippen LogP contribution in [0.2, 0.25) is 0 Å². The molecule has 1 aliphatic carbocycles. The van der Waals surface area contributed by atoms with Crippen molar-refractivity contribution in [2.24, 2.45) is 4.99 Å². The summed E-state index contributed by atoms with van der Waals surface area (Å²) in [6.07, 6.45) is 10.5. The van der Waals surface area contributed by atoms with Crippen molar-refractivity contribution >= 4 is 29.9 Å². The van der Waals surface area contributed by atoms with Gasteiger partial charge in [-0.3, -0.25) is 9.89 Å². The van der Waals surface area contributed by atoms with Gasteiger partial charge in [0, 0.05) is 51.2 Å². The molecule has 4 rings (SSSR count). The van der Waals surface area contributed by atoms with Crippen molar-refractivity contribution in [3.63, 3.8) is 0 Å². The summed E-state index contributed by atoms with van der Waals surface area (Å²) in [6, 6.07) is 11.7. The SMILES string of the molecule is CN=C(NCc1ccc(-n2cccn2)cc1)NC1CCN(C2CCCC2)C1.I. The van der Waals surface area contributed by atoms with Crippen molar-refractivity contribution in [3.8, 4) is 5.69 Å². The summed E-state index contributed by atoms with van der Waals surface area (Å²) in [5.41, 5.74) is 2.30. The van der Waals surface area contributed by atoms with E-state index in [1.165, 1.54) is 44.2 Å². The van der Waals surface area contributed by atoms with E-state index in [0.29, 0.717) is 6.04 Å². The highest BCUT2D eigenvalue weighted by molar-refractivity contribution is 14.0. The highest BCUT2D eigenvalue weighted by atomic mass is 127.